The van der Waals surface area contributed by atoms with E-state index >= 15 is 0 Å². The van der Waals surface area contributed by atoms with Crippen LogP contribution in [0.3, 0.4) is 0 Å². The SMILES string of the molecule is COCC[N+]1=C(CN(Cc2ccccc2)Cc2ccccc2)N=C2C1C(=O)N(C)C(=O)N2C. The van der Waals surface area contributed by atoms with E-state index in [2.05, 4.69) is 29.2 Å². The van der Waals surface area contributed by atoms with Gasteiger partial charge in [-0.15, -0.1) is 0 Å². The number of ether oxygens (including phenoxy) is 1. The summed E-state index contributed by atoms with van der Waals surface area (Å²) in [6.07, 6.45) is 0. The molecule has 1 saturated heterocycles. The number of nitrogens with zero attached hydrogens (tertiary/aromatic N) is 5. The van der Waals surface area contributed by atoms with Crippen LogP contribution in [0.1, 0.15) is 11.1 Å². The number of fused-ring (bicyclic) bond motifs is 1. The molecule has 3 amide bonds. The van der Waals surface area contributed by atoms with Crippen molar-refractivity contribution in [3.63, 3.8) is 0 Å². The van der Waals surface area contributed by atoms with E-state index in [9.17, 15) is 9.59 Å². The summed E-state index contributed by atoms with van der Waals surface area (Å²) < 4.78 is 7.29. The van der Waals surface area contributed by atoms with Crippen molar-refractivity contribution in [1.82, 2.24) is 14.7 Å². The van der Waals surface area contributed by atoms with Crippen LogP contribution in [0.4, 0.5) is 4.79 Å². The maximum atomic E-state index is 13.0. The summed E-state index contributed by atoms with van der Waals surface area (Å²) in [5, 5.41) is 0. The predicted molar refractivity (Wildman–Crippen MR) is 126 cm³/mol. The number of imide groups is 1. The largest absolute Gasteiger partial charge is 0.381 e. The van der Waals surface area contributed by atoms with Gasteiger partial charge in [-0.3, -0.25) is 19.5 Å². The van der Waals surface area contributed by atoms with Crippen LogP contribution >= 0.6 is 0 Å². The molecule has 0 radical (unpaired) electrons. The Balaban J connectivity index is 1.67. The highest BCUT2D eigenvalue weighted by atomic mass is 16.5. The third kappa shape index (κ3) is 4.86. The number of methoxy groups -OCH3 is 1. The van der Waals surface area contributed by atoms with Crippen molar-refractivity contribution in [3.8, 4) is 0 Å². The minimum Gasteiger partial charge on any atom is -0.381 e. The molecule has 8 heteroatoms. The van der Waals surface area contributed by atoms with Crippen molar-refractivity contribution in [2.75, 3.05) is 40.9 Å². The van der Waals surface area contributed by atoms with Gasteiger partial charge in [0.15, 0.2) is 0 Å². The molecular formula is C25H30N5O3+. The number of aliphatic imine (C=N–C) groups is 1. The van der Waals surface area contributed by atoms with Crippen molar-refractivity contribution < 1.29 is 18.9 Å². The zero-order chi connectivity index (χ0) is 23.4. The molecule has 172 valence electrons. The van der Waals surface area contributed by atoms with Crippen LogP contribution in [0, 0.1) is 0 Å². The van der Waals surface area contributed by atoms with Gasteiger partial charge in [-0.1, -0.05) is 60.7 Å². The molecule has 0 aliphatic carbocycles. The Labute approximate surface area is 194 Å². The highest BCUT2D eigenvalue weighted by Gasteiger charge is 2.52. The van der Waals surface area contributed by atoms with Crippen LogP contribution in [-0.2, 0) is 22.6 Å². The molecule has 2 aromatic rings. The standard InChI is InChI=1S/C25H30N5O3/c1-27-23-22(24(31)28(2)25(27)32)30(14-15-33-3)21(26-23)18-29(16-19-10-6-4-7-11-19)17-20-12-8-5-9-13-20/h4-13,22H,14-18H2,1-3H3/q+1. The topological polar surface area (TPSA) is 68.5 Å². The second-order valence-corrected chi connectivity index (χ2v) is 8.33. The Morgan fingerprint density at radius 2 is 1.48 bits per heavy atom. The van der Waals surface area contributed by atoms with Crippen molar-refractivity contribution in [1.29, 1.82) is 0 Å². The van der Waals surface area contributed by atoms with Gasteiger partial charge in [0, 0.05) is 34.3 Å². The Morgan fingerprint density at radius 3 is 2.03 bits per heavy atom. The average Bonchev–Trinajstić information content (AvgIpc) is 3.19. The first-order valence-electron chi connectivity index (χ1n) is 11.0. The summed E-state index contributed by atoms with van der Waals surface area (Å²) in [7, 11) is 4.82. The Bertz CT molecular complexity index is 1030. The Kier molecular flexibility index (Phi) is 6.96. The quantitative estimate of drug-likeness (QED) is 0.551. The van der Waals surface area contributed by atoms with Crippen LogP contribution in [-0.4, -0.2) is 89.8 Å². The lowest BCUT2D eigenvalue weighted by Gasteiger charge is -2.30. The molecule has 0 bridgehead atoms. The lowest BCUT2D eigenvalue weighted by atomic mass is 10.1. The van der Waals surface area contributed by atoms with Crippen LogP contribution in [0.2, 0.25) is 0 Å². The zero-order valence-corrected chi connectivity index (χ0v) is 19.3. The monoisotopic (exact) mass is 448 g/mol. The molecule has 1 atom stereocenters. The van der Waals surface area contributed by atoms with E-state index in [1.54, 1.807) is 14.2 Å². The number of amidine groups is 2. The van der Waals surface area contributed by atoms with Gasteiger partial charge in [-0.05, 0) is 16.1 Å². The van der Waals surface area contributed by atoms with Gasteiger partial charge in [0.25, 0.3) is 17.8 Å². The molecule has 1 unspecified atom stereocenters. The minimum absolute atomic E-state index is 0.263. The first kappa shape index (κ1) is 22.8. The molecule has 0 saturated carbocycles. The second kappa shape index (κ2) is 10.1. The van der Waals surface area contributed by atoms with Gasteiger partial charge in [0.2, 0.25) is 0 Å². The number of carbonyl (C=O) groups is 2. The van der Waals surface area contributed by atoms with Crippen LogP contribution in [0.5, 0.6) is 0 Å². The third-order valence-electron chi connectivity index (χ3n) is 6.01. The van der Waals surface area contributed by atoms with E-state index in [1.807, 2.05) is 41.0 Å². The molecule has 1 fully saturated rings. The fourth-order valence-electron chi connectivity index (χ4n) is 4.27. The lowest BCUT2D eigenvalue weighted by Crippen LogP contribution is -2.61. The first-order valence-corrected chi connectivity index (χ1v) is 11.0. The maximum Gasteiger partial charge on any atom is 0.333 e. The van der Waals surface area contributed by atoms with E-state index in [4.69, 9.17) is 9.73 Å². The number of rotatable bonds is 9. The second-order valence-electron chi connectivity index (χ2n) is 8.33. The Hall–Kier alpha value is -3.36. The number of likely N-dealkylation sites (N-methyl/N-ethyl adjacent to an activating group) is 2. The molecule has 0 aromatic heterocycles. The molecule has 0 N–H and O–H groups in total. The highest BCUT2D eigenvalue weighted by molar-refractivity contribution is 6.23. The summed E-state index contributed by atoms with van der Waals surface area (Å²) >= 11 is 0. The first-order chi connectivity index (χ1) is 16.0. The van der Waals surface area contributed by atoms with E-state index in [1.165, 1.54) is 23.1 Å². The van der Waals surface area contributed by atoms with Crippen molar-refractivity contribution in [3.05, 3.63) is 71.8 Å². The molecular weight excluding hydrogens is 418 g/mol. The molecule has 2 aromatic carbocycles. The van der Waals surface area contributed by atoms with E-state index in [-0.39, 0.29) is 11.9 Å². The number of urea groups is 1. The summed E-state index contributed by atoms with van der Waals surface area (Å²) in [5.74, 6) is 0.983. The number of amides is 3. The minimum atomic E-state index is -0.613. The van der Waals surface area contributed by atoms with Crippen molar-refractivity contribution in [2.45, 2.75) is 19.1 Å². The summed E-state index contributed by atoms with van der Waals surface area (Å²) in [4.78, 5) is 35.3. The fraction of sp³-hybridized carbons (Fsp3) is 0.360. The highest BCUT2D eigenvalue weighted by Crippen LogP contribution is 2.20. The zero-order valence-electron chi connectivity index (χ0n) is 19.3. The van der Waals surface area contributed by atoms with Crippen molar-refractivity contribution >= 4 is 23.6 Å². The molecule has 2 heterocycles. The summed E-state index contributed by atoms with van der Waals surface area (Å²) in [6, 6.07) is 19.6. The lowest BCUT2D eigenvalue weighted by molar-refractivity contribution is -0.538. The fourth-order valence-corrected chi connectivity index (χ4v) is 4.27. The molecule has 2 aliphatic heterocycles. The predicted octanol–water partition coefficient (Wildman–Crippen LogP) is 2.05. The van der Waals surface area contributed by atoms with Gasteiger partial charge in [-0.2, -0.15) is 0 Å². The maximum absolute atomic E-state index is 13.0. The van der Waals surface area contributed by atoms with E-state index in [0.717, 1.165) is 23.8 Å². The number of hydrogen-bond acceptors (Lipinski definition) is 5. The normalized spacial score (nSPS) is 18.3. The van der Waals surface area contributed by atoms with Crippen LogP contribution in [0.15, 0.2) is 65.7 Å². The van der Waals surface area contributed by atoms with E-state index < -0.39 is 6.04 Å². The average molecular weight is 449 g/mol. The van der Waals surface area contributed by atoms with Gasteiger partial charge < -0.3 is 4.74 Å². The third-order valence-corrected chi connectivity index (χ3v) is 6.01. The summed E-state index contributed by atoms with van der Waals surface area (Å²) in [6.45, 7) is 2.96. The Morgan fingerprint density at radius 1 is 0.909 bits per heavy atom. The van der Waals surface area contributed by atoms with Gasteiger partial charge in [0.1, 0.15) is 13.1 Å². The molecule has 0 spiro atoms. The van der Waals surface area contributed by atoms with Crippen LogP contribution in [0.25, 0.3) is 0 Å². The molecule has 33 heavy (non-hydrogen) atoms. The molecule has 4 rings (SSSR count). The number of hydrogen-bond donors (Lipinski definition) is 0. The molecule has 2 aliphatic rings. The van der Waals surface area contributed by atoms with Gasteiger partial charge >= 0.3 is 11.9 Å². The molecule has 8 nitrogen and oxygen atoms in total. The smallest absolute Gasteiger partial charge is 0.333 e. The van der Waals surface area contributed by atoms with Crippen LogP contribution < -0.4 is 0 Å². The number of carbonyl (C=O) groups excluding carboxylic acids is 2. The van der Waals surface area contributed by atoms with Crippen molar-refractivity contribution in [2.24, 2.45) is 4.99 Å². The summed E-state index contributed by atoms with van der Waals surface area (Å²) in [5.41, 5.74) is 2.40. The van der Waals surface area contributed by atoms with Gasteiger partial charge in [0.05, 0.1) is 6.61 Å². The van der Waals surface area contributed by atoms with E-state index in [0.29, 0.717) is 25.5 Å². The number of benzene rings is 2. The van der Waals surface area contributed by atoms with Gasteiger partial charge in [-0.25, -0.2) is 9.37 Å².